The summed E-state index contributed by atoms with van der Waals surface area (Å²) in [6, 6.07) is 0. The summed E-state index contributed by atoms with van der Waals surface area (Å²) in [4.78, 5) is 0. The molecule has 0 saturated carbocycles. The fourth-order valence-corrected chi connectivity index (χ4v) is 1.48. The van der Waals surface area contributed by atoms with Gasteiger partial charge in [0.05, 0.1) is 0 Å². The number of hydrogen-bond acceptors (Lipinski definition) is 0. The van der Waals surface area contributed by atoms with Crippen molar-refractivity contribution >= 4 is 0 Å². The molecule has 0 aromatic carbocycles. The Morgan fingerprint density at radius 3 is 1.69 bits per heavy atom. The Kier molecular flexibility index (Phi) is 19.6. The van der Waals surface area contributed by atoms with Crippen LogP contribution in [0.25, 0.3) is 0 Å². The van der Waals surface area contributed by atoms with Gasteiger partial charge in [-0.2, -0.15) is 13.3 Å². The van der Waals surface area contributed by atoms with E-state index in [-0.39, 0.29) is 29.6 Å². The largest absolute Gasteiger partial charge is 1.00 e. The van der Waals surface area contributed by atoms with Gasteiger partial charge in [0.1, 0.15) is 0 Å². The predicted octanol–water partition coefficient (Wildman–Crippen LogP) is 1.75. The van der Waals surface area contributed by atoms with Crippen LogP contribution in [0.5, 0.6) is 0 Å². The second-order valence-electron chi connectivity index (χ2n) is 3.67. The van der Waals surface area contributed by atoms with Crippen molar-refractivity contribution in [2.45, 2.75) is 71.6 Å². The molecule has 0 aliphatic heterocycles. The number of unbranched alkanes of at least 4 members (excludes halogenated alkanes) is 9. The number of hydrogen-bond donors (Lipinski definition) is 0. The average molecular weight is 192 g/mol. The second-order valence-corrected chi connectivity index (χ2v) is 3.67. The van der Waals surface area contributed by atoms with Crippen molar-refractivity contribution in [3.63, 3.8) is 0 Å². The second kappa shape index (κ2) is 15.5. The fourth-order valence-electron chi connectivity index (χ4n) is 1.48. The van der Waals surface area contributed by atoms with E-state index in [0.29, 0.717) is 0 Å². The van der Waals surface area contributed by atoms with Gasteiger partial charge >= 0.3 is 29.6 Å². The molecule has 0 nitrogen and oxygen atoms in total. The van der Waals surface area contributed by atoms with E-state index in [2.05, 4.69) is 20.3 Å². The first-order valence-corrected chi connectivity index (χ1v) is 5.69. The molecule has 0 aromatic rings. The summed E-state index contributed by atoms with van der Waals surface area (Å²) in [6.45, 7) is 4.43. The van der Waals surface area contributed by atoms with E-state index in [0.717, 1.165) is 0 Å². The Bertz CT molecular complexity index is 61.5. The van der Waals surface area contributed by atoms with E-state index in [4.69, 9.17) is 0 Å². The van der Waals surface area contributed by atoms with E-state index >= 15 is 0 Å². The maximum Gasteiger partial charge on any atom is 1.00 e. The molecule has 0 aromatic heterocycles. The Labute approximate surface area is 107 Å². The van der Waals surface area contributed by atoms with Gasteiger partial charge in [-0.3, -0.25) is 0 Å². The van der Waals surface area contributed by atoms with Crippen LogP contribution >= 0.6 is 0 Å². The minimum absolute atomic E-state index is 0. The minimum Gasteiger partial charge on any atom is -0.332 e. The normalized spacial score (nSPS) is 9.69. The van der Waals surface area contributed by atoms with Gasteiger partial charge in [-0.1, -0.05) is 58.3 Å². The molecule has 13 heavy (non-hydrogen) atoms. The molecule has 0 amide bonds. The molecule has 0 rings (SSSR count). The van der Waals surface area contributed by atoms with E-state index in [1.54, 1.807) is 0 Å². The molecule has 0 fully saturated rings. The first kappa shape index (κ1) is 16.4. The molecule has 0 aliphatic carbocycles. The van der Waals surface area contributed by atoms with E-state index in [9.17, 15) is 0 Å². The third-order valence-corrected chi connectivity index (χ3v) is 2.35. The summed E-state index contributed by atoms with van der Waals surface area (Å²) in [7, 11) is 0. The maximum absolute atomic E-state index is 2.27. The van der Waals surface area contributed by atoms with Crippen molar-refractivity contribution in [2.75, 3.05) is 0 Å². The van der Waals surface area contributed by atoms with Crippen molar-refractivity contribution in [2.24, 2.45) is 0 Å². The first-order chi connectivity index (χ1) is 5.91. The molecule has 0 spiro atoms. The molecule has 0 atom stereocenters. The van der Waals surface area contributed by atoms with Gasteiger partial charge in [0.15, 0.2) is 0 Å². The van der Waals surface area contributed by atoms with Crippen LogP contribution in [0, 0.1) is 6.42 Å². The summed E-state index contributed by atoms with van der Waals surface area (Å²) >= 11 is 0. The van der Waals surface area contributed by atoms with Gasteiger partial charge in [-0.15, -0.1) is 0 Å². The molecule has 0 radical (unpaired) electrons. The topological polar surface area (TPSA) is 0 Å². The zero-order valence-electron chi connectivity index (χ0n) is 9.94. The summed E-state index contributed by atoms with van der Waals surface area (Å²) in [5, 5.41) is 0. The third-order valence-electron chi connectivity index (χ3n) is 2.35. The Balaban J connectivity index is 0. The summed E-state index contributed by atoms with van der Waals surface area (Å²) < 4.78 is 0. The zero-order valence-corrected chi connectivity index (χ0v) is 11.9. The molecule has 0 unspecified atom stereocenters. The van der Waals surface area contributed by atoms with Crippen LogP contribution in [-0.2, 0) is 0 Å². The summed E-state index contributed by atoms with van der Waals surface area (Å²) in [6.07, 6.45) is 15.1. The molecular weight excluding hydrogens is 167 g/mol. The quantitative estimate of drug-likeness (QED) is 0.296. The molecule has 0 bridgehead atoms. The van der Waals surface area contributed by atoms with Crippen molar-refractivity contribution in [1.29, 1.82) is 0 Å². The Morgan fingerprint density at radius 1 is 0.769 bits per heavy atom. The van der Waals surface area contributed by atoms with Crippen LogP contribution in [0.2, 0.25) is 0 Å². The maximum atomic E-state index is 2.27. The minimum atomic E-state index is 0. The van der Waals surface area contributed by atoms with Gasteiger partial charge in [-0.25, -0.2) is 0 Å². The van der Waals surface area contributed by atoms with Crippen LogP contribution in [0.15, 0.2) is 0 Å². The van der Waals surface area contributed by atoms with Crippen LogP contribution in [0.1, 0.15) is 71.6 Å². The van der Waals surface area contributed by atoms with Gasteiger partial charge in [-0.05, 0) is 0 Å². The molecule has 0 saturated heterocycles. The van der Waals surface area contributed by atoms with Crippen LogP contribution in [0.3, 0.4) is 0 Å². The van der Waals surface area contributed by atoms with E-state index < -0.39 is 0 Å². The standard InChI is InChI=1S/C12H25.Na/c1-3-5-7-9-11-12-10-8-6-4-2;/h3H,4-12H2,1-2H3;/q-1;+1. The Hall–Kier alpha value is 1.00. The van der Waals surface area contributed by atoms with Gasteiger partial charge in [0.2, 0.25) is 0 Å². The van der Waals surface area contributed by atoms with Crippen molar-refractivity contribution in [3.8, 4) is 0 Å². The molecular formula is C12H25Na. The third kappa shape index (κ3) is 15.7. The van der Waals surface area contributed by atoms with Crippen LogP contribution in [0.4, 0.5) is 0 Å². The van der Waals surface area contributed by atoms with Crippen molar-refractivity contribution in [1.82, 2.24) is 0 Å². The monoisotopic (exact) mass is 192 g/mol. The molecule has 0 N–H and O–H groups in total. The van der Waals surface area contributed by atoms with Gasteiger partial charge in [0.25, 0.3) is 0 Å². The molecule has 0 heterocycles. The first-order valence-electron chi connectivity index (χ1n) is 5.69. The summed E-state index contributed by atoms with van der Waals surface area (Å²) in [5.74, 6) is 0. The van der Waals surface area contributed by atoms with Crippen molar-refractivity contribution in [3.05, 3.63) is 6.42 Å². The Morgan fingerprint density at radius 2 is 1.23 bits per heavy atom. The molecule has 1 heteroatoms. The molecule has 74 valence electrons. The van der Waals surface area contributed by atoms with Crippen LogP contribution in [-0.4, -0.2) is 0 Å². The fraction of sp³-hybridized carbons (Fsp3) is 0.917. The van der Waals surface area contributed by atoms with Gasteiger partial charge < -0.3 is 6.42 Å². The predicted molar refractivity (Wildman–Crippen MR) is 57.2 cm³/mol. The number of rotatable bonds is 9. The van der Waals surface area contributed by atoms with Crippen LogP contribution < -0.4 is 29.6 Å². The smallest absolute Gasteiger partial charge is 0.332 e. The van der Waals surface area contributed by atoms with E-state index in [1.807, 2.05) is 0 Å². The van der Waals surface area contributed by atoms with Crippen molar-refractivity contribution < 1.29 is 29.6 Å². The molecule has 0 aliphatic rings. The summed E-state index contributed by atoms with van der Waals surface area (Å²) in [5.41, 5.74) is 0. The zero-order chi connectivity index (χ0) is 9.07. The average Bonchev–Trinajstić information content (AvgIpc) is 2.10. The van der Waals surface area contributed by atoms with Gasteiger partial charge in [0, 0.05) is 0 Å². The van der Waals surface area contributed by atoms with E-state index in [1.165, 1.54) is 57.8 Å². The SMILES string of the molecule is C[CH-]CCCCCCCCCC.[Na+].